The van der Waals surface area contributed by atoms with Crippen LogP contribution < -0.4 is 4.72 Å². The molecule has 1 N–H and O–H groups in total. The Hall–Kier alpha value is -1.66. The highest BCUT2D eigenvalue weighted by atomic mass is 32.2. The van der Waals surface area contributed by atoms with Crippen molar-refractivity contribution in [3.63, 3.8) is 0 Å². The van der Waals surface area contributed by atoms with Crippen LogP contribution in [0, 0.1) is 5.92 Å². The number of carbonyl (C=O) groups is 1. The van der Waals surface area contributed by atoms with Gasteiger partial charge in [-0.1, -0.05) is 30.3 Å². The Bertz CT molecular complexity index is 576. The molecule has 0 heterocycles. The molecule has 1 amide bonds. The number of nitrogens with one attached hydrogen (secondary N) is 1. The molecular weight excluding hydrogens is 278 g/mol. The number of amides is 1. The smallest absolute Gasteiger partial charge is 0.259 e. The Labute approximate surface area is 118 Å². The third kappa shape index (κ3) is 5.54. The number of hydrogen-bond donors (Lipinski definition) is 1. The van der Waals surface area contributed by atoms with E-state index >= 15 is 0 Å². The lowest BCUT2D eigenvalue weighted by molar-refractivity contribution is -0.124. The lowest BCUT2D eigenvalue weighted by atomic mass is 10.2. The van der Waals surface area contributed by atoms with E-state index in [2.05, 4.69) is 0 Å². The minimum absolute atomic E-state index is 0.227. The van der Waals surface area contributed by atoms with Crippen molar-refractivity contribution in [3.8, 4) is 0 Å². The molecule has 1 saturated carbocycles. The van der Waals surface area contributed by atoms with Crippen molar-refractivity contribution in [2.45, 2.75) is 12.8 Å². The Morgan fingerprint density at radius 3 is 2.65 bits per heavy atom. The van der Waals surface area contributed by atoms with E-state index in [1.807, 2.05) is 10.8 Å². The highest BCUT2D eigenvalue weighted by Gasteiger charge is 2.21. The minimum Gasteiger partial charge on any atom is -0.371 e. The molecule has 0 aliphatic heterocycles. The molecule has 1 aromatic carbocycles. The van der Waals surface area contributed by atoms with E-state index < -0.39 is 15.9 Å². The van der Waals surface area contributed by atoms with Crippen molar-refractivity contribution in [3.05, 3.63) is 41.3 Å². The summed E-state index contributed by atoms with van der Waals surface area (Å²) in [5.41, 5.74) is 0.746. The molecule has 0 radical (unpaired) electrons. The van der Waals surface area contributed by atoms with Gasteiger partial charge in [-0.3, -0.25) is 4.79 Å². The Balaban J connectivity index is 1.80. The summed E-state index contributed by atoms with van der Waals surface area (Å²) in [5, 5.41) is 0.973. The third-order valence-corrected chi connectivity index (χ3v) is 3.79. The average molecular weight is 295 g/mol. The monoisotopic (exact) mass is 295 g/mol. The first-order valence-corrected chi connectivity index (χ1v) is 7.96. The summed E-state index contributed by atoms with van der Waals surface area (Å²) in [7, 11) is -3.77. The van der Waals surface area contributed by atoms with Crippen LogP contribution in [0.4, 0.5) is 0 Å². The molecule has 1 fully saturated rings. The normalized spacial score (nSPS) is 15.4. The van der Waals surface area contributed by atoms with Crippen LogP contribution >= 0.6 is 0 Å². The van der Waals surface area contributed by atoms with Gasteiger partial charge in [0.1, 0.15) is 6.61 Å². The van der Waals surface area contributed by atoms with E-state index in [1.54, 1.807) is 24.3 Å². The SMILES string of the molecule is O=C(COCC1CC1)NS(=O)(=O)/C=C/c1ccccc1. The summed E-state index contributed by atoms with van der Waals surface area (Å²) >= 11 is 0. The quantitative estimate of drug-likeness (QED) is 0.828. The van der Waals surface area contributed by atoms with Crippen molar-refractivity contribution in [1.29, 1.82) is 0 Å². The van der Waals surface area contributed by atoms with Crippen molar-refractivity contribution < 1.29 is 17.9 Å². The van der Waals surface area contributed by atoms with Gasteiger partial charge in [-0.2, -0.15) is 0 Å². The maximum Gasteiger partial charge on any atom is 0.259 e. The van der Waals surface area contributed by atoms with E-state index in [9.17, 15) is 13.2 Å². The molecule has 5 nitrogen and oxygen atoms in total. The highest BCUT2D eigenvalue weighted by Crippen LogP contribution is 2.28. The topological polar surface area (TPSA) is 72.5 Å². The van der Waals surface area contributed by atoms with E-state index in [-0.39, 0.29) is 6.61 Å². The van der Waals surface area contributed by atoms with Gasteiger partial charge in [-0.05, 0) is 30.4 Å². The molecule has 1 aliphatic rings. The zero-order chi connectivity index (χ0) is 14.4. The molecule has 0 aromatic heterocycles. The summed E-state index contributed by atoms with van der Waals surface area (Å²) in [6.07, 6.45) is 3.68. The largest absolute Gasteiger partial charge is 0.371 e. The fraction of sp³-hybridized carbons (Fsp3) is 0.357. The maximum atomic E-state index is 11.6. The van der Waals surface area contributed by atoms with Crippen molar-refractivity contribution in [1.82, 2.24) is 4.72 Å². The first kappa shape index (κ1) is 14.7. The summed E-state index contributed by atoms with van der Waals surface area (Å²) in [6, 6.07) is 8.98. The minimum atomic E-state index is -3.77. The molecule has 6 heteroatoms. The third-order valence-electron chi connectivity index (χ3n) is 2.78. The number of benzene rings is 1. The fourth-order valence-corrected chi connectivity index (χ4v) is 2.34. The van der Waals surface area contributed by atoms with E-state index in [0.29, 0.717) is 12.5 Å². The number of sulfonamides is 1. The molecule has 0 unspecified atom stereocenters. The van der Waals surface area contributed by atoms with Gasteiger partial charge in [-0.25, -0.2) is 13.1 Å². The first-order chi connectivity index (χ1) is 9.55. The van der Waals surface area contributed by atoms with Crippen molar-refractivity contribution in [2.24, 2.45) is 5.92 Å². The molecule has 0 spiro atoms. The van der Waals surface area contributed by atoms with Gasteiger partial charge < -0.3 is 4.74 Å². The van der Waals surface area contributed by atoms with E-state index in [4.69, 9.17) is 4.74 Å². The van der Waals surface area contributed by atoms with Crippen LogP contribution in [-0.2, 0) is 19.6 Å². The predicted molar refractivity (Wildman–Crippen MR) is 76.1 cm³/mol. The highest BCUT2D eigenvalue weighted by molar-refractivity contribution is 7.93. The van der Waals surface area contributed by atoms with Gasteiger partial charge in [-0.15, -0.1) is 0 Å². The number of hydrogen-bond acceptors (Lipinski definition) is 4. The van der Waals surface area contributed by atoms with Crippen LogP contribution in [0.1, 0.15) is 18.4 Å². The second-order valence-corrected chi connectivity index (χ2v) is 6.31. The molecular formula is C14H17NO4S. The van der Waals surface area contributed by atoms with Crippen LogP contribution in [0.25, 0.3) is 6.08 Å². The molecule has 1 aromatic rings. The zero-order valence-corrected chi connectivity index (χ0v) is 11.8. The number of carbonyl (C=O) groups excluding carboxylic acids is 1. The van der Waals surface area contributed by atoms with Crippen molar-refractivity contribution >= 4 is 22.0 Å². The lowest BCUT2D eigenvalue weighted by Crippen LogP contribution is -2.32. The Morgan fingerprint density at radius 1 is 1.30 bits per heavy atom. The van der Waals surface area contributed by atoms with Crippen LogP contribution in [-0.4, -0.2) is 27.5 Å². The maximum absolute atomic E-state index is 11.6. The van der Waals surface area contributed by atoms with E-state index in [0.717, 1.165) is 23.8 Å². The Morgan fingerprint density at radius 2 is 2.00 bits per heavy atom. The summed E-state index contributed by atoms with van der Waals surface area (Å²) in [4.78, 5) is 11.4. The number of ether oxygens (including phenoxy) is 1. The van der Waals surface area contributed by atoms with Crippen LogP contribution in [0.15, 0.2) is 35.7 Å². The Kier molecular flexibility index (Phi) is 4.92. The first-order valence-electron chi connectivity index (χ1n) is 6.42. The van der Waals surface area contributed by atoms with Crippen LogP contribution in [0.5, 0.6) is 0 Å². The molecule has 2 rings (SSSR count). The van der Waals surface area contributed by atoms with Gasteiger partial charge in [0.2, 0.25) is 0 Å². The standard InChI is InChI=1S/C14H17NO4S/c16-14(11-19-10-13-6-7-13)15-20(17,18)9-8-12-4-2-1-3-5-12/h1-5,8-9,13H,6-7,10-11H2,(H,15,16)/b9-8+. The van der Waals surface area contributed by atoms with Crippen LogP contribution in [0.2, 0.25) is 0 Å². The second-order valence-electron chi connectivity index (χ2n) is 4.74. The van der Waals surface area contributed by atoms with Gasteiger partial charge in [0.25, 0.3) is 15.9 Å². The zero-order valence-electron chi connectivity index (χ0n) is 11.0. The van der Waals surface area contributed by atoms with E-state index in [1.165, 1.54) is 6.08 Å². The van der Waals surface area contributed by atoms with Gasteiger partial charge >= 0.3 is 0 Å². The molecule has 1 aliphatic carbocycles. The summed E-state index contributed by atoms with van der Waals surface area (Å²) < 4.78 is 30.4. The van der Waals surface area contributed by atoms with Crippen LogP contribution in [0.3, 0.4) is 0 Å². The number of rotatable bonds is 7. The summed E-state index contributed by atoms with van der Waals surface area (Å²) in [5.74, 6) is -0.110. The lowest BCUT2D eigenvalue weighted by Gasteiger charge is -2.04. The van der Waals surface area contributed by atoms with Gasteiger partial charge in [0, 0.05) is 0 Å². The molecule has 0 atom stereocenters. The van der Waals surface area contributed by atoms with Gasteiger partial charge in [0.15, 0.2) is 0 Å². The molecule has 0 bridgehead atoms. The van der Waals surface area contributed by atoms with Crippen molar-refractivity contribution in [2.75, 3.05) is 13.2 Å². The molecule has 0 saturated heterocycles. The fourth-order valence-electron chi connectivity index (χ4n) is 1.56. The average Bonchev–Trinajstić information content (AvgIpc) is 3.21. The van der Waals surface area contributed by atoms with Gasteiger partial charge in [0.05, 0.1) is 12.0 Å². The predicted octanol–water partition coefficient (Wildman–Crippen LogP) is 1.53. The summed E-state index contributed by atoms with van der Waals surface area (Å²) in [6.45, 7) is 0.294. The second kappa shape index (κ2) is 6.67. The molecule has 108 valence electrons. The molecule has 20 heavy (non-hydrogen) atoms.